The van der Waals surface area contributed by atoms with Crippen LogP contribution in [0.2, 0.25) is 0 Å². The number of fused-ring (bicyclic) bond motifs is 1. The van der Waals surface area contributed by atoms with E-state index in [4.69, 9.17) is 4.52 Å². The highest BCUT2D eigenvalue weighted by Gasteiger charge is 2.12. The van der Waals surface area contributed by atoms with E-state index in [2.05, 4.69) is 30.9 Å². The number of benzene rings is 2. The number of hydrogen-bond donors (Lipinski definition) is 2. The second-order valence-corrected chi connectivity index (χ2v) is 5.09. The molecule has 1 amide bonds. The lowest BCUT2D eigenvalue weighted by Crippen LogP contribution is -2.22. The lowest BCUT2D eigenvalue weighted by Gasteiger charge is -2.01. The van der Waals surface area contributed by atoms with Gasteiger partial charge in [0.1, 0.15) is 11.0 Å². The van der Waals surface area contributed by atoms with E-state index >= 15 is 0 Å². The number of hydrogen-bond acceptors (Lipinski definition) is 6. The molecule has 0 bridgehead atoms. The second kappa shape index (κ2) is 5.92. The molecule has 0 saturated heterocycles. The van der Waals surface area contributed by atoms with Gasteiger partial charge in [-0.15, -0.1) is 0 Å². The molecule has 2 heterocycles. The molecule has 2 N–H and O–H groups in total. The van der Waals surface area contributed by atoms with Crippen LogP contribution in [-0.4, -0.2) is 31.5 Å². The van der Waals surface area contributed by atoms with Gasteiger partial charge in [0.05, 0.1) is 6.54 Å². The van der Waals surface area contributed by atoms with Crippen molar-refractivity contribution in [1.82, 2.24) is 30.9 Å². The first kappa shape index (κ1) is 14.1. The van der Waals surface area contributed by atoms with E-state index in [1.807, 2.05) is 24.3 Å². The number of carbonyl (C=O) groups is 1. The Hall–Kier alpha value is -3.55. The molecule has 2 aromatic carbocycles. The molecular formula is C16H12N6O2. The van der Waals surface area contributed by atoms with Crippen molar-refractivity contribution in [3.05, 3.63) is 60.0 Å². The quantitative estimate of drug-likeness (QED) is 0.594. The molecule has 0 spiro atoms. The summed E-state index contributed by atoms with van der Waals surface area (Å²) in [5.41, 5.74) is 2.82. The molecule has 0 aliphatic rings. The highest BCUT2D eigenvalue weighted by molar-refractivity contribution is 5.94. The molecular weight excluding hydrogens is 308 g/mol. The molecule has 0 fully saturated rings. The van der Waals surface area contributed by atoms with E-state index in [-0.39, 0.29) is 12.5 Å². The Kier molecular flexibility index (Phi) is 3.47. The van der Waals surface area contributed by atoms with Crippen molar-refractivity contribution in [3.8, 4) is 11.4 Å². The van der Waals surface area contributed by atoms with Crippen LogP contribution in [0.15, 0.2) is 53.1 Å². The van der Waals surface area contributed by atoms with Gasteiger partial charge in [0, 0.05) is 11.1 Å². The third-order valence-corrected chi connectivity index (χ3v) is 3.48. The van der Waals surface area contributed by atoms with E-state index in [0.29, 0.717) is 17.3 Å². The Morgan fingerprint density at radius 3 is 2.79 bits per heavy atom. The third kappa shape index (κ3) is 2.72. The van der Waals surface area contributed by atoms with Gasteiger partial charge in [0.2, 0.25) is 11.7 Å². The molecule has 0 atom stereocenters. The van der Waals surface area contributed by atoms with Crippen molar-refractivity contribution in [2.75, 3.05) is 0 Å². The number of nitrogens with zero attached hydrogens (tertiary/aromatic N) is 4. The van der Waals surface area contributed by atoms with Crippen molar-refractivity contribution >= 4 is 16.9 Å². The van der Waals surface area contributed by atoms with Gasteiger partial charge in [0.15, 0.2) is 0 Å². The van der Waals surface area contributed by atoms with E-state index in [1.54, 1.807) is 24.3 Å². The van der Waals surface area contributed by atoms with Crippen molar-refractivity contribution in [2.24, 2.45) is 0 Å². The van der Waals surface area contributed by atoms with E-state index in [9.17, 15) is 4.79 Å². The van der Waals surface area contributed by atoms with Gasteiger partial charge < -0.3 is 9.84 Å². The van der Waals surface area contributed by atoms with Crippen molar-refractivity contribution in [3.63, 3.8) is 0 Å². The largest absolute Gasteiger partial charge is 0.343 e. The Morgan fingerprint density at radius 2 is 1.92 bits per heavy atom. The number of carbonyl (C=O) groups excluding carboxylic acids is 1. The number of aromatic amines is 1. The minimum Gasteiger partial charge on any atom is -0.343 e. The van der Waals surface area contributed by atoms with Crippen molar-refractivity contribution < 1.29 is 9.32 Å². The molecule has 0 aliphatic carbocycles. The number of H-pyrrole nitrogens is 1. The van der Waals surface area contributed by atoms with Crippen LogP contribution in [0, 0.1) is 0 Å². The summed E-state index contributed by atoms with van der Waals surface area (Å²) in [6.07, 6.45) is 0. The summed E-state index contributed by atoms with van der Waals surface area (Å²) in [6.45, 7) is 0.160. The molecule has 4 rings (SSSR count). The number of aromatic nitrogens is 5. The molecule has 0 radical (unpaired) electrons. The zero-order valence-corrected chi connectivity index (χ0v) is 12.4. The van der Waals surface area contributed by atoms with E-state index in [0.717, 1.165) is 16.6 Å². The van der Waals surface area contributed by atoms with Crippen molar-refractivity contribution in [1.29, 1.82) is 0 Å². The maximum absolute atomic E-state index is 12.0. The van der Waals surface area contributed by atoms with E-state index < -0.39 is 0 Å². The van der Waals surface area contributed by atoms with Crippen LogP contribution in [0.25, 0.3) is 22.4 Å². The summed E-state index contributed by atoms with van der Waals surface area (Å²) >= 11 is 0. The standard InChI is InChI=1S/C16H12N6O2/c23-16(10-4-2-1-3-5-10)17-9-14-18-15(21-24-14)11-6-7-12-13(8-11)20-22-19-12/h1-8H,9H2,(H,17,23)(H,19,20,22). The third-order valence-electron chi connectivity index (χ3n) is 3.48. The van der Waals surface area contributed by atoms with Crippen molar-refractivity contribution in [2.45, 2.75) is 6.54 Å². The van der Waals surface area contributed by atoms with Crippen LogP contribution < -0.4 is 5.32 Å². The first-order valence-electron chi connectivity index (χ1n) is 7.26. The average Bonchev–Trinajstić information content (AvgIpc) is 3.29. The molecule has 0 unspecified atom stereocenters. The first-order chi connectivity index (χ1) is 11.8. The van der Waals surface area contributed by atoms with Gasteiger partial charge in [-0.3, -0.25) is 4.79 Å². The minimum absolute atomic E-state index is 0.160. The van der Waals surface area contributed by atoms with Gasteiger partial charge >= 0.3 is 0 Å². The highest BCUT2D eigenvalue weighted by Crippen LogP contribution is 2.19. The summed E-state index contributed by atoms with van der Waals surface area (Å²) in [5.74, 6) is 0.567. The fourth-order valence-electron chi connectivity index (χ4n) is 2.27. The fraction of sp³-hybridized carbons (Fsp3) is 0.0625. The molecule has 0 aliphatic heterocycles. The summed E-state index contributed by atoms with van der Waals surface area (Å²) in [6, 6.07) is 14.4. The zero-order valence-electron chi connectivity index (χ0n) is 12.4. The van der Waals surface area contributed by atoms with Crippen LogP contribution in [0.5, 0.6) is 0 Å². The number of amides is 1. The van der Waals surface area contributed by atoms with E-state index in [1.165, 1.54) is 0 Å². The molecule has 24 heavy (non-hydrogen) atoms. The van der Waals surface area contributed by atoms with Gasteiger partial charge in [-0.05, 0) is 30.3 Å². The normalized spacial score (nSPS) is 10.8. The second-order valence-electron chi connectivity index (χ2n) is 5.09. The Bertz CT molecular complexity index is 992. The summed E-state index contributed by atoms with van der Waals surface area (Å²) in [5, 5.41) is 17.2. The number of rotatable bonds is 4. The fourth-order valence-corrected chi connectivity index (χ4v) is 2.27. The summed E-state index contributed by atoms with van der Waals surface area (Å²) in [7, 11) is 0. The molecule has 0 saturated carbocycles. The first-order valence-corrected chi connectivity index (χ1v) is 7.26. The topological polar surface area (TPSA) is 110 Å². The van der Waals surface area contributed by atoms with Gasteiger partial charge in [0.25, 0.3) is 5.91 Å². The molecule has 8 heteroatoms. The molecule has 2 aromatic heterocycles. The maximum atomic E-state index is 12.0. The predicted octanol–water partition coefficient (Wildman–Crippen LogP) is 1.94. The molecule has 8 nitrogen and oxygen atoms in total. The van der Waals surface area contributed by atoms with Gasteiger partial charge in [-0.1, -0.05) is 23.4 Å². The van der Waals surface area contributed by atoms with Crippen LogP contribution in [0.1, 0.15) is 16.2 Å². The van der Waals surface area contributed by atoms with Crippen LogP contribution in [0.3, 0.4) is 0 Å². The average molecular weight is 320 g/mol. The SMILES string of the molecule is O=C(NCc1nc(-c2ccc3n[nH]nc3c2)no1)c1ccccc1. The van der Waals surface area contributed by atoms with Crippen LogP contribution in [0.4, 0.5) is 0 Å². The summed E-state index contributed by atoms with van der Waals surface area (Å²) in [4.78, 5) is 16.3. The zero-order chi connectivity index (χ0) is 16.4. The van der Waals surface area contributed by atoms with Crippen LogP contribution in [-0.2, 0) is 6.54 Å². The Balaban J connectivity index is 1.47. The molecule has 118 valence electrons. The minimum atomic E-state index is -0.195. The number of nitrogens with one attached hydrogen (secondary N) is 2. The van der Waals surface area contributed by atoms with Gasteiger partial charge in [-0.2, -0.15) is 20.4 Å². The van der Waals surface area contributed by atoms with Gasteiger partial charge in [-0.25, -0.2) is 0 Å². The lowest BCUT2D eigenvalue weighted by atomic mass is 10.2. The Morgan fingerprint density at radius 1 is 1.08 bits per heavy atom. The predicted molar refractivity (Wildman–Crippen MR) is 84.8 cm³/mol. The van der Waals surface area contributed by atoms with Crippen LogP contribution >= 0.6 is 0 Å². The lowest BCUT2D eigenvalue weighted by molar-refractivity contribution is 0.0946. The smallest absolute Gasteiger partial charge is 0.251 e. The maximum Gasteiger partial charge on any atom is 0.251 e. The molecule has 4 aromatic rings. The highest BCUT2D eigenvalue weighted by atomic mass is 16.5. The summed E-state index contributed by atoms with van der Waals surface area (Å²) < 4.78 is 5.18. The Labute approximate surface area is 135 Å². The monoisotopic (exact) mass is 320 g/mol.